The molecule has 1 atom stereocenters. The van der Waals surface area contributed by atoms with E-state index in [0.29, 0.717) is 35.4 Å². The van der Waals surface area contributed by atoms with Crippen molar-refractivity contribution in [2.45, 2.75) is 58.7 Å². The first-order chi connectivity index (χ1) is 12.0. The molecule has 0 saturated carbocycles. The van der Waals surface area contributed by atoms with Crippen LogP contribution in [0.15, 0.2) is 18.2 Å². The maximum absolute atomic E-state index is 12.6. The number of halogens is 1. The lowest BCUT2D eigenvalue weighted by atomic mass is 9.93. The summed E-state index contributed by atoms with van der Waals surface area (Å²) in [5.41, 5.74) is -0.528. The Morgan fingerprint density at radius 1 is 1.19 bits per heavy atom. The van der Waals surface area contributed by atoms with E-state index in [1.54, 1.807) is 39.3 Å². The van der Waals surface area contributed by atoms with Gasteiger partial charge in [0, 0.05) is 26.3 Å². The second kappa shape index (κ2) is 9.58. The highest BCUT2D eigenvalue weighted by Crippen LogP contribution is 2.29. The molecule has 1 aromatic carbocycles. The van der Waals surface area contributed by atoms with Gasteiger partial charge in [-0.25, -0.2) is 0 Å². The lowest BCUT2D eigenvalue weighted by Crippen LogP contribution is -2.43. The largest absolute Gasteiger partial charge is 0.492 e. The van der Waals surface area contributed by atoms with Crippen molar-refractivity contribution in [2.75, 3.05) is 26.1 Å². The molecule has 0 spiro atoms. The van der Waals surface area contributed by atoms with Crippen LogP contribution in [0.1, 0.15) is 47.5 Å². The van der Waals surface area contributed by atoms with E-state index in [1.165, 1.54) is 0 Å². The minimum atomic E-state index is -0.887. The molecule has 1 N–H and O–H groups in total. The van der Waals surface area contributed by atoms with Gasteiger partial charge in [-0.1, -0.05) is 25.4 Å². The van der Waals surface area contributed by atoms with Crippen molar-refractivity contribution in [3.63, 3.8) is 0 Å². The summed E-state index contributed by atoms with van der Waals surface area (Å²) in [6.45, 7) is 10.4. The van der Waals surface area contributed by atoms with Crippen LogP contribution in [0.5, 0.6) is 5.75 Å². The molecule has 1 aromatic rings. The number of carbonyl (C=O) groups is 1. The molecule has 148 valence electrons. The van der Waals surface area contributed by atoms with Gasteiger partial charge in [0.25, 0.3) is 5.91 Å². The van der Waals surface area contributed by atoms with Gasteiger partial charge in [0.15, 0.2) is 0 Å². The molecule has 0 aliphatic carbocycles. The second-order valence-electron chi connectivity index (χ2n) is 7.69. The molecule has 6 heteroatoms. The van der Waals surface area contributed by atoms with Crippen molar-refractivity contribution >= 4 is 23.2 Å². The van der Waals surface area contributed by atoms with Crippen molar-refractivity contribution in [3.8, 4) is 5.75 Å². The van der Waals surface area contributed by atoms with Gasteiger partial charge in [-0.2, -0.15) is 0 Å². The van der Waals surface area contributed by atoms with Gasteiger partial charge in [-0.05, 0) is 51.3 Å². The highest BCUT2D eigenvalue weighted by atomic mass is 35.5. The van der Waals surface area contributed by atoms with Crippen LogP contribution in [-0.4, -0.2) is 37.9 Å². The number of nitrogens with one attached hydrogen (secondary N) is 1. The van der Waals surface area contributed by atoms with E-state index in [-0.39, 0.29) is 11.5 Å². The first-order valence-electron chi connectivity index (χ1n) is 8.87. The molecule has 1 rings (SSSR count). The number of ether oxygens (including phenoxy) is 3. The van der Waals surface area contributed by atoms with Crippen molar-refractivity contribution in [1.29, 1.82) is 0 Å². The Labute approximate surface area is 162 Å². The summed E-state index contributed by atoms with van der Waals surface area (Å²) >= 11 is 6.29. The summed E-state index contributed by atoms with van der Waals surface area (Å²) in [5.74, 6) is 0.718. The van der Waals surface area contributed by atoms with Crippen LogP contribution in [0.25, 0.3) is 0 Å². The molecule has 0 saturated heterocycles. The number of rotatable bonds is 10. The summed E-state index contributed by atoms with van der Waals surface area (Å²) in [5, 5.41) is 3.32. The summed E-state index contributed by atoms with van der Waals surface area (Å²) in [7, 11) is 3.23. The van der Waals surface area contributed by atoms with E-state index < -0.39 is 5.60 Å². The van der Waals surface area contributed by atoms with Crippen LogP contribution in [-0.2, 0) is 14.3 Å². The summed E-state index contributed by atoms with van der Waals surface area (Å²) < 4.78 is 16.5. The molecule has 26 heavy (non-hydrogen) atoms. The van der Waals surface area contributed by atoms with Crippen LogP contribution in [0.4, 0.5) is 5.69 Å². The minimum absolute atomic E-state index is 0.194. The van der Waals surface area contributed by atoms with Gasteiger partial charge in [0.05, 0.1) is 17.2 Å². The lowest BCUT2D eigenvalue weighted by molar-refractivity contribution is -0.137. The highest BCUT2D eigenvalue weighted by molar-refractivity contribution is 6.32. The molecule has 0 fully saturated rings. The van der Waals surface area contributed by atoms with Gasteiger partial charge >= 0.3 is 0 Å². The molecule has 5 nitrogen and oxygen atoms in total. The van der Waals surface area contributed by atoms with Crippen LogP contribution in [0.3, 0.4) is 0 Å². The van der Waals surface area contributed by atoms with Gasteiger partial charge < -0.3 is 19.5 Å². The smallest absolute Gasteiger partial charge is 0.256 e. The molecule has 0 aliphatic rings. The molecule has 0 unspecified atom stereocenters. The number of carbonyl (C=O) groups excluding carboxylic acids is 1. The first kappa shape index (κ1) is 22.7. The van der Waals surface area contributed by atoms with Crippen LogP contribution >= 0.6 is 11.6 Å². The minimum Gasteiger partial charge on any atom is -0.492 e. The van der Waals surface area contributed by atoms with E-state index in [9.17, 15) is 4.79 Å². The molecular formula is C20H32ClNO4. The number of hydrogen-bond donors (Lipinski definition) is 1. The van der Waals surface area contributed by atoms with Crippen molar-refractivity contribution in [3.05, 3.63) is 23.2 Å². The molecule has 0 radical (unpaired) electrons. The predicted octanol–water partition coefficient (Wildman–Crippen LogP) is 4.92. The van der Waals surface area contributed by atoms with Gasteiger partial charge in [-0.3, -0.25) is 4.79 Å². The zero-order chi connectivity index (χ0) is 20.0. The average Bonchev–Trinajstić information content (AvgIpc) is 2.56. The zero-order valence-electron chi connectivity index (χ0n) is 16.9. The van der Waals surface area contributed by atoms with Gasteiger partial charge in [0.2, 0.25) is 0 Å². The van der Waals surface area contributed by atoms with Crippen molar-refractivity contribution in [1.82, 2.24) is 0 Å². The van der Waals surface area contributed by atoms with Crippen LogP contribution < -0.4 is 10.1 Å². The topological polar surface area (TPSA) is 56.8 Å². The highest BCUT2D eigenvalue weighted by Gasteiger charge is 2.34. The summed E-state index contributed by atoms with van der Waals surface area (Å²) in [4.78, 5) is 12.6. The predicted molar refractivity (Wildman–Crippen MR) is 106 cm³/mol. The monoisotopic (exact) mass is 385 g/mol. The Morgan fingerprint density at radius 2 is 1.85 bits per heavy atom. The van der Waals surface area contributed by atoms with E-state index in [1.807, 2.05) is 13.8 Å². The number of anilines is 1. The Kier molecular flexibility index (Phi) is 8.38. The maximum atomic E-state index is 12.6. The number of benzene rings is 1. The van der Waals surface area contributed by atoms with E-state index >= 15 is 0 Å². The van der Waals surface area contributed by atoms with Crippen molar-refractivity contribution in [2.24, 2.45) is 5.92 Å². The fraction of sp³-hybridized carbons (Fsp3) is 0.650. The number of hydrogen-bond acceptors (Lipinski definition) is 4. The molecule has 0 aromatic heterocycles. The molecular weight excluding hydrogens is 354 g/mol. The number of amides is 1. The average molecular weight is 386 g/mol. The SMILES string of the molecule is COC(C)(C)CCOc1ccc(NC(=O)[C@@](C)(CC(C)C)OC)cc1Cl. The fourth-order valence-corrected chi connectivity index (χ4v) is 2.75. The normalized spacial score (nSPS) is 14.2. The maximum Gasteiger partial charge on any atom is 0.256 e. The molecule has 1 amide bonds. The molecule has 0 heterocycles. The van der Waals surface area contributed by atoms with Crippen LogP contribution in [0, 0.1) is 5.92 Å². The lowest BCUT2D eigenvalue weighted by Gasteiger charge is -2.28. The Bertz CT molecular complexity index is 603. The van der Waals surface area contributed by atoms with E-state index in [0.717, 1.165) is 6.42 Å². The summed E-state index contributed by atoms with van der Waals surface area (Å²) in [6, 6.07) is 5.21. The number of methoxy groups -OCH3 is 2. The van der Waals surface area contributed by atoms with Crippen LogP contribution in [0.2, 0.25) is 5.02 Å². The van der Waals surface area contributed by atoms with E-state index in [2.05, 4.69) is 19.2 Å². The summed E-state index contributed by atoms with van der Waals surface area (Å²) in [6.07, 6.45) is 1.36. The third kappa shape index (κ3) is 6.78. The second-order valence-corrected chi connectivity index (χ2v) is 8.10. The Morgan fingerprint density at radius 3 is 2.35 bits per heavy atom. The first-order valence-corrected chi connectivity index (χ1v) is 9.25. The third-order valence-corrected chi connectivity index (χ3v) is 4.73. The zero-order valence-corrected chi connectivity index (χ0v) is 17.7. The van der Waals surface area contributed by atoms with E-state index in [4.69, 9.17) is 25.8 Å². The molecule has 0 bridgehead atoms. The Hall–Kier alpha value is -1.30. The third-order valence-electron chi connectivity index (χ3n) is 4.43. The fourth-order valence-electron chi connectivity index (χ4n) is 2.52. The van der Waals surface area contributed by atoms with Crippen molar-refractivity contribution < 1.29 is 19.0 Å². The van der Waals surface area contributed by atoms with Gasteiger partial charge in [0.1, 0.15) is 11.4 Å². The Balaban J connectivity index is 2.73. The quantitative estimate of drug-likeness (QED) is 0.620. The standard InChI is InChI=1S/C20H32ClNO4/c1-14(2)13-20(5,25-7)18(23)22-15-8-9-17(16(21)12-15)26-11-10-19(3,4)24-6/h8-9,12,14H,10-11,13H2,1-7H3,(H,22,23)/t20-/m1/s1. The molecule has 0 aliphatic heterocycles. The van der Waals surface area contributed by atoms with Gasteiger partial charge in [-0.15, -0.1) is 0 Å².